The number of piperidine rings is 1. The van der Waals surface area contributed by atoms with Crippen LogP contribution in [0.4, 0.5) is 0 Å². The Morgan fingerprint density at radius 1 is 1.30 bits per heavy atom. The van der Waals surface area contributed by atoms with E-state index in [1.807, 2.05) is 24.3 Å². The zero-order chi connectivity index (χ0) is 14.7. The van der Waals surface area contributed by atoms with Gasteiger partial charge in [-0.1, -0.05) is 54.8 Å². The maximum Gasteiger partial charge on any atom is 0.234 e. The first-order valence-electron chi connectivity index (χ1n) is 7.16. The topological polar surface area (TPSA) is 46.2 Å². The molecule has 20 heavy (non-hydrogen) atoms. The van der Waals surface area contributed by atoms with Gasteiger partial charge in [-0.3, -0.25) is 14.9 Å². The number of rotatable bonds is 4. The van der Waals surface area contributed by atoms with Gasteiger partial charge in [-0.25, -0.2) is 0 Å². The highest BCUT2D eigenvalue weighted by Crippen LogP contribution is 2.39. The lowest BCUT2D eigenvalue weighted by atomic mass is 9.71. The van der Waals surface area contributed by atoms with E-state index in [0.717, 1.165) is 22.9 Å². The standard InChI is InChI=1S/C16H20BrNO2/c1-3-10(4-2)13-9-14(19)18-16(20)15(13)11-6-5-7-12(17)8-11/h5-8,10,13,15H,3-4,9H2,1-2H3,(H,18,19,20). The zero-order valence-corrected chi connectivity index (χ0v) is 13.4. The third-order valence-electron chi connectivity index (χ3n) is 4.26. The fraction of sp³-hybridized carbons (Fsp3) is 0.500. The van der Waals surface area contributed by atoms with Gasteiger partial charge in [-0.15, -0.1) is 0 Å². The van der Waals surface area contributed by atoms with E-state index in [-0.39, 0.29) is 23.7 Å². The minimum atomic E-state index is -0.227. The van der Waals surface area contributed by atoms with Crippen LogP contribution < -0.4 is 5.32 Å². The molecule has 1 N–H and O–H groups in total. The number of halogens is 1. The predicted octanol–water partition coefficient (Wildman–Crippen LogP) is 3.63. The van der Waals surface area contributed by atoms with Crippen molar-refractivity contribution in [2.75, 3.05) is 0 Å². The number of hydrogen-bond acceptors (Lipinski definition) is 2. The van der Waals surface area contributed by atoms with E-state index in [0.29, 0.717) is 12.3 Å². The van der Waals surface area contributed by atoms with Crippen molar-refractivity contribution >= 4 is 27.7 Å². The summed E-state index contributed by atoms with van der Waals surface area (Å²) in [6.07, 6.45) is 2.42. The number of imide groups is 1. The van der Waals surface area contributed by atoms with Gasteiger partial charge in [0.1, 0.15) is 0 Å². The van der Waals surface area contributed by atoms with Gasteiger partial charge in [-0.2, -0.15) is 0 Å². The summed E-state index contributed by atoms with van der Waals surface area (Å²) >= 11 is 3.45. The minimum Gasteiger partial charge on any atom is -0.296 e. The van der Waals surface area contributed by atoms with Crippen molar-refractivity contribution in [1.82, 2.24) is 5.32 Å². The fourth-order valence-corrected chi connectivity index (χ4v) is 3.64. The van der Waals surface area contributed by atoms with Crippen LogP contribution in [0.1, 0.15) is 44.6 Å². The van der Waals surface area contributed by atoms with Crippen molar-refractivity contribution in [2.45, 2.75) is 39.0 Å². The highest BCUT2D eigenvalue weighted by Gasteiger charge is 2.39. The second-order valence-corrected chi connectivity index (χ2v) is 6.31. The van der Waals surface area contributed by atoms with Crippen molar-refractivity contribution in [3.05, 3.63) is 34.3 Å². The molecule has 0 saturated carbocycles. The van der Waals surface area contributed by atoms with Gasteiger partial charge in [-0.05, 0) is 29.5 Å². The Balaban J connectivity index is 2.39. The van der Waals surface area contributed by atoms with E-state index in [2.05, 4.69) is 35.1 Å². The Kier molecular flexibility index (Phi) is 4.97. The molecule has 0 bridgehead atoms. The second-order valence-electron chi connectivity index (χ2n) is 5.39. The van der Waals surface area contributed by atoms with Crippen LogP contribution in [0.2, 0.25) is 0 Å². The normalized spacial score (nSPS) is 23.0. The average Bonchev–Trinajstić information content (AvgIpc) is 2.39. The van der Waals surface area contributed by atoms with Crippen LogP contribution in [-0.4, -0.2) is 11.8 Å². The smallest absolute Gasteiger partial charge is 0.234 e. The highest BCUT2D eigenvalue weighted by molar-refractivity contribution is 9.10. The zero-order valence-electron chi connectivity index (χ0n) is 11.9. The van der Waals surface area contributed by atoms with E-state index >= 15 is 0 Å². The van der Waals surface area contributed by atoms with Crippen LogP contribution >= 0.6 is 15.9 Å². The van der Waals surface area contributed by atoms with Crippen LogP contribution in [0, 0.1) is 11.8 Å². The average molecular weight is 338 g/mol. The lowest BCUT2D eigenvalue weighted by molar-refractivity contribution is -0.137. The third kappa shape index (κ3) is 3.11. The SMILES string of the molecule is CCC(CC)C1CC(=O)NC(=O)C1c1cccc(Br)c1. The lowest BCUT2D eigenvalue weighted by Crippen LogP contribution is -2.46. The molecular weight excluding hydrogens is 318 g/mol. The maximum atomic E-state index is 12.3. The number of hydrogen-bond donors (Lipinski definition) is 1. The fourth-order valence-electron chi connectivity index (χ4n) is 3.22. The Morgan fingerprint density at radius 3 is 2.60 bits per heavy atom. The van der Waals surface area contributed by atoms with Crippen molar-refractivity contribution in [1.29, 1.82) is 0 Å². The number of nitrogens with one attached hydrogen (secondary N) is 1. The molecule has 2 rings (SSSR count). The third-order valence-corrected chi connectivity index (χ3v) is 4.75. The van der Waals surface area contributed by atoms with Crippen LogP contribution in [0.15, 0.2) is 28.7 Å². The molecule has 0 aromatic heterocycles. The molecule has 1 aromatic carbocycles. The van der Waals surface area contributed by atoms with E-state index < -0.39 is 0 Å². The molecule has 1 saturated heterocycles. The van der Waals surface area contributed by atoms with Crippen LogP contribution in [0.3, 0.4) is 0 Å². The summed E-state index contributed by atoms with van der Waals surface area (Å²) in [5, 5.41) is 2.49. The second kappa shape index (κ2) is 6.53. The monoisotopic (exact) mass is 337 g/mol. The van der Waals surface area contributed by atoms with Gasteiger partial charge in [0.25, 0.3) is 0 Å². The minimum absolute atomic E-state index is 0.0977. The molecule has 3 nitrogen and oxygen atoms in total. The summed E-state index contributed by atoms with van der Waals surface area (Å²) in [4.78, 5) is 24.0. The molecule has 4 heteroatoms. The lowest BCUT2D eigenvalue weighted by Gasteiger charge is -2.35. The number of carbonyl (C=O) groups excluding carboxylic acids is 2. The quantitative estimate of drug-likeness (QED) is 0.852. The largest absolute Gasteiger partial charge is 0.296 e. The Labute approximate surface area is 128 Å². The van der Waals surface area contributed by atoms with E-state index in [1.165, 1.54) is 0 Å². The van der Waals surface area contributed by atoms with Crippen molar-refractivity contribution < 1.29 is 9.59 Å². The number of benzene rings is 1. The molecule has 2 atom stereocenters. The molecule has 0 spiro atoms. The molecule has 1 fully saturated rings. The first-order chi connectivity index (χ1) is 9.56. The van der Waals surface area contributed by atoms with Crippen LogP contribution in [-0.2, 0) is 9.59 Å². The Bertz CT molecular complexity index is 511. The summed E-state index contributed by atoms with van der Waals surface area (Å²) in [5.41, 5.74) is 0.987. The number of carbonyl (C=O) groups is 2. The highest BCUT2D eigenvalue weighted by atomic mass is 79.9. The summed E-state index contributed by atoms with van der Waals surface area (Å²) < 4.78 is 0.961. The molecule has 2 unspecified atom stereocenters. The number of amides is 2. The van der Waals surface area contributed by atoms with Gasteiger partial charge in [0, 0.05) is 10.9 Å². The Hall–Kier alpha value is -1.16. The summed E-state index contributed by atoms with van der Waals surface area (Å²) in [5.74, 6) is -0.0287. The van der Waals surface area contributed by atoms with Gasteiger partial charge in [0.05, 0.1) is 5.92 Å². The molecule has 2 amide bonds. The summed E-state index contributed by atoms with van der Waals surface area (Å²) in [7, 11) is 0. The van der Waals surface area contributed by atoms with Gasteiger partial charge < -0.3 is 0 Å². The van der Waals surface area contributed by atoms with Crippen molar-refractivity contribution in [3.8, 4) is 0 Å². The van der Waals surface area contributed by atoms with E-state index in [9.17, 15) is 9.59 Å². The van der Waals surface area contributed by atoms with E-state index in [1.54, 1.807) is 0 Å². The summed E-state index contributed by atoms with van der Waals surface area (Å²) in [6, 6.07) is 7.84. The molecule has 1 aromatic rings. The molecule has 0 radical (unpaired) electrons. The van der Waals surface area contributed by atoms with Crippen molar-refractivity contribution in [3.63, 3.8) is 0 Å². The first-order valence-corrected chi connectivity index (χ1v) is 7.95. The van der Waals surface area contributed by atoms with Gasteiger partial charge in [0.2, 0.25) is 11.8 Å². The van der Waals surface area contributed by atoms with Crippen LogP contribution in [0.5, 0.6) is 0 Å². The molecule has 108 valence electrons. The molecule has 1 heterocycles. The first kappa shape index (κ1) is 15.2. The van der Waals surface area contributed by atoms with Gasteiger partial charge >= 0.3 is 0 Å². The summed E-state index contributed by atoms with van der Waals surface area (Å²) in [6.45, 7) is 4.26. The van der Waals surface area contributed by atoms with Crippen molar-refractivity contribution in [2.24, 2.45) is 11.8 Å². The van der Waals surface area contributed by atoms with Gasteiger partial charge in [0.15, 0.2) is 0 Å². The molecular formula is C16H20BrNO2. The molecule has 1 aliphatic heterocycles. The predicted molar refractivity (Wildman–Crippen MR) is 82.2 cm³/mol. The van der Waals surface area contributed by atoms with Crippen LogP contribution in [0.25, 0.3) is 0 Å². The Morgan fingerprint density at radius 2 is 2.00 bits per heavy atom. The maximum absolute atomic E-state index is 12.3. The van der Waals surface area contributed by atoms with E-state index in [4.69, 9.17) is 0 Å². The molecule has 0 aliphatic carbocycles. The molecule has 1 aliphatic rings.